The predicted molar refractivity (Wildman–Crippen MR) is 129 cm³/mol. The van der Waals surface area contributed by atoms with Gasteiger partial charge in [-0.05, 0) is 49.1 Å². The Hall–Kier alpha value is -3.92. The summed E-state index contributed by atoms with van der Waals surface area (Å²) in [5, 5.41) is 0.928. The van der Waals surface area contributed by atoms with Gasteiger partial charge in [-0.2, -0.15) is 0 Å². The molecule has 3 aromatic carbocycles. The number of nitrogens with zero attached hydrogens (tertiary/aromatic N) is 1. The summed E-state index contributed by atoms with van der Waals surface area (Å²) >= 11 is 0. The van der Waals surface area contributed by atoms with Crippen molar-refractivity contribution >= 4 is 33.9 Å². The molecule has 1 aliphatic rings. The predicted octanol–water partition coefficient (Wildman–Crippen LogP) is 5.67. The van der Waals surface area contributed by atoms with Gasteiger partial charge in [0.05, 0.1) is 16.8 Å². The van der Waals surface area contributed by atoms with Gasteiger partial charge in [-0.25, -0.2) is 0 Å². The van der Waals surface area contributed by atoms with Crippen molar-refractivity contribution in [1.29, 1.82) is 0 Å². The van der Waals surface area contributed by atoms with E-state index in [9.17, 15) is 9.59 Å². The largest absolute Gasteiger partial charge is 0.354 e. The molecule has 4 nitrogen and oxygen atoms in total. The number of benzene rings is 3. The van der Waals surface area contributed by atoms with Crippen LogP contribution in [0.25, 0.3) is 33.3 Å². The average Bonchev–Trinajstić information content (AvgIpc) is 3.27. The number of aromatic nitrogens is 1. The number of H-pyrrole nitrogens is 1. The molecule has 32 heavy (non-hydrogen) atoms. The lowest BCUT2D eigenvalue weighted by Gasteiger charge is -2.11. The molecule has 2 amide bonds. The smallest absolute Gasteiger partial charge is 0.262 e. The Morgan fingerprint density at radius 2 is 1.44 bits per heavy atom. The van der Waals surface area contributed by atoms with Crippen LogP contribution in [0.2, 0.25) is 0 Å². The number of likely N-dealkylation sites (N-methyl/N-ethyl adjacent to an activating group) is 1. The third-order valence-electron chi connectivity index (χ3n) is 6.46. The van der Waals surface area contributed by atoms with Crippen LogP contribution in [0.3, 0.4) is 0 Å². The number of aryl methyl sites for hydroxylation is 2. The molecule has 4 heteroatoms. The van der Waals surface area contributed by atoms with Crippen molar-refractivity contribution in [3.05, 3.63) is 94.5 Å². The second-order valence-electron chi connectivity index (χ2n) is 8.45. The maximum Gasteiger partial charge on any atom is 0.262 e. The standard InChI is InChI=1S/C28H24N2O2/c1-16-12-14-19(15-13-16)26-23(21-9-5-6-11-22(21)29-26)25-24(27(31)30(4)28(25)32)20-10-7-8-17(2)18(20)3/h5-15,29H,1-4H3. The van der Waals surface area contributed by atoms with E-state index in [1.54, 1.807) is 7.05 Å². The van der Waals surface area contributed by atoms with Crippen LogP contribution in [-0.4, -0.2) is 28.7 Å². The number of amides is 2. The lowest BCUT2D eigenvalue weighted by atomic mass is 9.89. The number of fused-ring (bicyclic) bond motifs is 1. The monoisotopic (exact) mass is 420 g/mol. The Balaban J connectivity index is 1.90. The Bertz CT molecular complexity index is 1440. The SMILES string of the molecule is Cc1ccc(-c2[nH]c3ccccc3c2C2=C(c3cccc(C)c3C)C(=O)N(C)C2=O)cc1. The van der Waals surface area contributed by atoms with Gasteiger partial charge in [-0.3, -0.25) is 14.5 Å². The molecule has 0 bridgehead atoms. The van der Waals surface area contributed by atoms with E-state index in [2.05, 4.69) is 17.1 Å². The number of rotatable bonds is 3. The fraction of sp³-hybridized carbons (Fsp3) is 0.143. The summed E-state index contributed by atoms with van der Waals surface area (Å²) in [7, 11) is 1.56. The summed E-state index contributed by atoms with van der Waals surface area (Å²) in [6.07, 6.45) is 0. The van der Waals surface area contributed by atoms with Crippen LogP contribution in [0.15, 0.2) is 66.7 Å². The van der Waals surface area contributed by atoms with E-state index in [0.717, 1.165) is 50.0 Å². The highest BCUT2D eigenvalue weighted by atomic mass is 16.2. The van der Waals surface area contributed by atoms with Crippen molar-refractivity contribution < 1.29 is 9.59 Å². The van der Waals surface area contributed by atoms with E-state index in [0.29, 0.717) is 11.1 Å². The number of imide groups is 1. The van der Waals surface area contributed by atoms with Crippen molar-refractivity contribution in [3.8, 4) is 11.3 Å². The van der Waals surface area contributed by atoms with Crippen molar-refractivity contribution in [2.45, 2.75) is 20.8 Å². The summed E-state index contributed by atoms with van der Waals surface area (Å²) in [4.78, 5) is 31.6. The number of para-hydroxylation sites is 1. The zero-order valence-electron chi connectivity index (χ0n) is 18.6. The summed E-state index contributed by atoms with van der Waals surface area (Å²) in [6, 6.07) is 22.0. The van der Waals surface area contributed by atoms with Crippen molar-refractivity contribution in [3.63, 3.8) is 0 Å². The van der Waals surface area contributed by atoms with Crippen LogP contribution in [0, 0.1) is 20.8 Å². The van der Waals surface area contributed by atoms with E-state index in [1.165, 1.54) is 4.90 Å². The maximum atomic E-state index is 13.5. The number of carbonyl (C=O) groups excluding carboxylic acids is 2. The van der Waals surface area contributed by atoms with E-state index < -0.39 is 0 Å². The first-order valence-electron chi connectivity index (χ1n) is 10.7. The molecule has 1 aliphatic heterocycles. The summed E-state index contributed by atoms with van der Waals surface area (Å²) in [6.45, 7) is 6.07. The van der Waals surface area contributed by atoms with Crippen LogP contribution in [-0.2, 0) is 9.59 Å². The highest BCUT2D eigenvalue weighted by molar-refractivity contribution is 6.50. The lowest BCUT2D eigenvalue weighted by Crippen LogP contribution is -2.26. The van der Waals surface area contributed by atoms with Gasteiger partial charge in [-0.15, -0.1) is 0 Å². The molecule has 0 radical (unpaired) electrons. The molecule has 2 heterocycles. The van der Waals surface area contributed by atoms with Gasteiger partial charge in [0.2, 0.25) is 0 Å². The summed E-state index contributed by atoms with van der Waals surface area (Å²) in [5.41, 5.74) is 8.52. The van der Waals surface area contributed by atoms with E-state index in [4.69, 9.17) is 0 Å². The van der Waals surface area contributed by atoms with Crippen molar-refractivity contribution in [2.75, 3.05) is 7.05 Å². The van der Waals surface area contributed by atoms with Gasteiger partial charge in [-0.1, -0.05) is 66.2 Å². The molecular formula is C28H24N2O2. The molecule has 0 spiro atoms. The summed E-state index contributed by atoms with van der Waals surface area (Å²) in [5.74, 6) is -0.539. The third-order valence-corrected chi connectivity index (χ3v) is 6.46. The Morgan fingerprint density at radius 1 is 0.750 bits per heavy atom. The van der Waals surface area contributed by atoms with Gasteiger partial charge in [0.15, 0.2) is 0 Å². The molecular weight excluding hydrogens is 396 g/mol. The summed E-state index contributed by atoms with van der Waals surface area (Å²) < 4.78 is 0. The Morgan fingerprint density at radius 3 is 2.19 bits per heavy atom. The van der Waals surface area contributed by atoms with E-state index >= 15 is 0 Å². The molecule has 5 rings (SSSR count). The minimum Gasteiger partial charge on any atom is -0.354 e. The molecule has 0 aliphatic carbocycles. The number of aromatic amines is 1. The van der Waals surface area contributed by atoms with E-state index in [-0.39, 0.29) is 11.8 Å². The van der Waals surface area contributed by atoms with Crippen LogP contribution in [0.4, 0.5) is 0 Å². The molecule has 0 saturated carbocycles. The zero-order chi connectivity index (χ0) is 22.6. The molecule has 1 aromatic heterocycles. The first kappa shape index (κ1) is 20.0. The van der Waals surface area contributed by atoms with Crippen LogP contribution in [0.5, 0.6) is 0 Å². The second-order valence-corrected chi connectivity index (χ2v) is 8.45. The normalized spacial score (nSPS) is 14.2. The number of hydrogen-bond donors (Lipinski definition) is 1. The molecule has 158 valence electrons. The van der Waals surface area contributed by atoms with Crippen LogP contribution < -0.4 is 0 Å². The molecule has 0 saturated heterocycles. The average molecular weight is 421 g/mol. The second kappa shape index (κ2) is 7.34. The molecule has 0 fully saturated rings. The zero-order valence-corrected chi connectivity index (χ0v) is 18.6. The highest BCUT2D eigenvalue weighted by Crippen LogP contribution is 2.43. The molecule has 4 aromatic rings. The molecule has 1 N–H and O–H groups in total. The van der Waals surface area contributed by atoms with E-state index in [1.807, 2.05) is 75.4 Å². The van der Waals surface area contributed by atoms with Crippen molar-refractivity contribution in [2.24, 2.45) is 0 Å². The fourth-order valence-corrected chi connectivity index (χ4v) is 4.48. The fourth-order valence-electron chi connectivity index (χ4n) is 4.48. The Kier molecular flexibility index (Phi) is 4.59. The van der Waals surface area contributed by atoms with Gasteiger partial charge in [0.25, 0.3) is 11.8 Å². The van der Waals surface area contributed by atoms with Gasteiger partial charge in [0.1, 0.15) is 0 Å². The number of nitrogens with one attached hydrogen (secondary N) is 1. The first-order valence-corrected chi connectivity index (χ1v) is 10.7. The van der Waals surface area contributed by atoms with Gasteiger partial charge < -0.3 is 4.98 Å². The topological polar surface area (TPSA) is 53.2 Å². The van der Waals surface area contributed by atoms with Gasteiger partial charge >= 0.3 is 0 Å². The molecule has 0 atom stereocenters. The minimum atomic E-state index is -0.274. The number of carbonyl (C=O) groups is 2. The Labute approximate surface area is 187 Å². The van der Waals surface area contributed by atoms with Gasteiger partial charge in [0, 0.05) is 23.5 Å². The minimum absolute atomic E-state index is 0.265. The molecule has 0 unspecified atom stereocenters. The van der Waals surface area contributed by atoms with Crippen LogP contribution >= 0.6 is 0 Å². The van der Waals surface area contributed by atoms with Crippen molar-refractivity contribution in [1.82, 2.24) is 9.88 Å². The number of hydrogen-bond acceptors (Lipinski definition) is 2. The highest BCUT2D eigenvalue weighted by Gasteiger charge is 2.40. The quantitative estimate of drug-likeness (QED) is 0.434. The van der Waals surface area contributed by atoms with Crippen LogP contribution in [0.1, 0.15) is 27.8 Å². The third kappa shape index (κ3) is 2.91. The lowest BCUT2D eigenvalue weighted by molar-refractivity contribution is -0.134. The first-order chi connectivity index (χ1) is 15.4. The maximum absolute atomic E-state index is 13.5.